The number of ether oxygens (including phenoxy) is 1. The van der Waals surface area contributed by atoms with Crippen molar-refractivity contribution < 1.29 is 4.74 Å². The van der Waals surface area contributed by atoms with Gasteiger partial charge >= 0.3 is 0 Å². The second kappa shape index (κ2) is 5.77. The summed E-state index contributed by atoms with van der Waals surface area (Å²) < 4.78 is 5.02. The molecule has 1 aromatic heterocycles. The van der Waals surface area contributed by atoms with Gasteiger partial charge in [-0.1, -0.05) is 30.3 Å². The third-order valence-electron chi connectivity index (χ3n) is 3.96. The number of rotatable bonds is 7. The van der Waals surface area contributed by atoms with Crippen molar-refractivity contribution in [1.29, 1.82) is 0 Å². The van der Waals surface area contributed by atoms with Crippen molar-refractivity contribution in [2.75, 3.05) is 20.3 Å². The Bertz CT molecular complexity index is 546. The number of aromatic amines is 1. The molecule has 1 saturated carbocycles. The van der Waals surface area contributed by atoms with Crippen LogP contribution in [0.1, 0.15) is 29.9 Å². The van der Waals surface area contributed by atoms with Gasteiger partial charge in [0.25, 0.3) is 0 Å². The van der Waals surface area contributed by atoms with Gasteiger partial charge in [0.2, 0.25) is 0 Å². The monoisotopic (exact) mass is 271 g/mol. The first kappa shape index (κ1) is 13.3. The quantitative estimate of drug-likeness (QED) is 0.759. The maximum absolute atomic E-state index is 5.02. The largest absolute Gasteiger partial charge is 0.383 e. The molecule has 0 aliphatic heterocycles. The zero-order valence-corrected chi connectivity index (χ0v) is 11.9. The first-order chi connectivity index (χ1) is 9.85. The van der Waals surface area contributed by atoms with E-state index in [1.165, 1.54) is 18.4 Å². The number of H-pyrrole nitrogens is 1. The van der Waals surface area contributed by atoms with Crippen LogP contribution in [0, 0.1) is 0 Å². The van der Waals surface area contributed by atoms with E-state index < -0.39 is 0 Å². The lowest BCUT2D eigenvalue weighted by Gasteiger charge is -2.12. The highest BCUT2D eigenvalue weighted by molar-refractivity contribution is 5.39. The van der Waals surface area contributed by atoms with Crippen LogP contribution in [0.15, 0.2) is 36.5 Å². The van der Waals surface area contributed by atoms with Gasteiger partial charge in [-0.25, -0.2) is 4.98 Å². The molecule has 0 spiro atoms. The van der Waals surface area contributed by atoms with Crippen molar-refractivity contribution in [1.82, 2.24) is 15.3 Å². The lowest BCUT2D eigenvalue weighted by molar-refractivity contribution is 0.199. The molecule has 0 bridgehead atoms. The predicted octanol–water partition coefficient (Wildman–Crippen LogP) is 2.23. The number of benzene rings is 1. The smallest absolute Gasteiger partial charge is 0.116 e. The summed E-state index contributed by atoms with van der Waals surface area (Å²) >= 11 is 0. The topological polar surface area (TPSA) is 49.9 Å². The third-order valence-corrected chi connectivity index (χ3v) is 3.96. The summed E-state index contributed by atoms with van der Waals surface area (Å²) in [7, 11) is 1.71. The first-order valence-corrected chi connectivity index (χ1v) is 7.15. The Morgan fingerprint density at radius 3 is 2.80 bits per heavy atom. The van der Waals surface area contributed by atoms with Gasteiger partial charge in [-0.3, -0.25) is 0 Å². The van der Waals surface area contributed by atoms with E-state index in [4.69, 9.17) is 4.74 Å². The fourth-order valence-corrected chi connectivity index (χ4v) is 2.63. The number of hydrogen-bond acceptors (Lipinski definition) is 3. The van der Waals surface area contributed by atoms with Crippen LogP contribution < -0.4 is 5.32 Å². The summed E-state index contributed by atoms with van der Waals surface area (Å²) in [5, 5.41) is 3.33. The van der Waals surface area contributed by atoms with Crippen molar-refractivity contribution in [3.8, 4) is 0 Å². The molecule has 0 saturated heterocycles. The van der Waals surface area contributed by atoms with E-state index in [9.17, 15) is 0 Å². The van der Waals surface area contributed by atoms with Crippen molar-refractivity contribution in [3.63, 3.8) is 0 Å². The van der Waals surface area contributed by atoms with Crippen molar-refractivity contribution >= 4 is 0 Å². The molecule has 0 atom stereocenters. The van der Waals surface area contributed by atoms with Crippen molar-refractivity contribution in [2.45, 2.75) is 24.8 Å². The number of nitrogens with zero attached hydrogens (tertiary/aromatic N) is 1. The first-order valence-electron chi connectivity index (χ1n) is 7.15. The Labute approximate surface area is 119 Å². The van der Waals surface area contributed by atoms with Gasteiger partial charge in [-0.05, 0) is 18.4 Å². The summed E-state index contributed by atoms with van der Waals surface area (Å²) in [6, 6.07) is 10.7. The molecule has 1 aliphatic carbocycles. The van der Waals surface area contributed by atoms with Crippen LogP contribution in [0.4, 0.5) is 0 Å². The molecule has 4 heteroatoms. The Morgan fingerprint density at radius 2 is 2.10 bits per heavy atom. The van der Waals surface area contributed by atoms with E-state index in [1.807, 2.05) is 6.20 Å². The van der Waals surface area contributed by atoms with Gasteiger partial charge in [0, 0.05) is 32.1 Å². The highest BCUT2D eigenvalue weighted by Crippen LogP contribution is 2.52. The van der Waals surface area contributed by atoms with Crippen LogP contribution in [0.2, 0.25) is 0 Å². The molecular weight excluding hydrogens is 250 g/mol. The summed E-state index contributed by atoms with van der Waals surface area (Å²) in [4.78, 5) is 8.08. The summed E-state index contributed by atoms with van der Waals surface area (Å²) in [6.45, 7) is 2.39. The minimum Gasteiger partial charge on any atom is -0.383 e. The second-order valence-corrected chi connectivity index (χ2v) is 5.37. The van der Waals surface area contributed by atoms with Crippen LogP contribution >= 0.6 is 0 Å². The van der Waals surface area contributed by atoms with Crippen LogP contribution in [0.5, 0.6) is 0 Å². The second-order valence-electron chi connectivity index (χ2n) is 5.37. The molecule has 1 fully saturated rings. The summed E-state index contributed by atoms with van der Waals surface area (Å²) in [6.07, 6.45) is 4.31. The van der Waals surface area contributed by atoms with Gasteiger partial charge in [0.1, 0.15) is 5.82 Å². The van der Waals surface area contributed by atoms with Gasteiger partial charge in [0.15, 0.2) is 0 Å². The molecule has 0 radical (unpaired) electrons. The van der Waals surface area contributed by atoms with E-state index in [-0.39, 0.29) is 5.41 Å². The van der Waals surface area contributed by atoms with Crippen LogP contribution in [0.3, 0.4) is 0 Å². The number of imidazole rings is 1. The van der Waals surface area contributed by atoms with E-state index in [1.54, 1.807) is 7.11 Å². The van der Waals surface area contributed by atoms with Crippen LogP contribution in [-0.2, 0) is 16.7 Å². The van der Waals surface area contributed by atoms with Gasteiger partial charge in [-0.15, -0.1) is 0 Å². The number of nitrogens with one attached hydrogen (secondary N) is 2. The van der Waals surface area contributed by atoms with Crippen molar-refractivity contribution in [3.05, 3.63) is 53.6 Å². The van der Waals surface area contributed by atoms with E-state index in [0.717, 1.165) is 31.2 Å². The van der Waals surface area contributed by atoms with Gasteiger partial charge in [-0.2, -0.15) is 0 Å². The van der Waals surface area contributed by atoms with Gasteiger partial charge < -0.3 is 15.0 Å². The maximum atomic E-state index is 5.02. The summed E-state index contributed by atoms with van der Waals surface area (Å²) in [5.41, 5.74) is 2.64. The standard InChI is InChI=1S/C16H21N3O/c1-20-10-9-17-11-14-12-18-15(19-14)16(7-8-16)13-5-3-2-4-6-13/h2-6,12,17H,7-11H2,1H3,(H,18,19). The number of aromatic nitrogens is 2. The molecule has 1 aliphatic rings. The van der Waals surface area contributed by atoms with E-state index in [0.29, 0.717) is 0 Å². The van der Waals surface area contributed by atoms with Crippen molar-refractivity contribution in [2.24, 2.45) is 0 Å². The van der Waals surface area contributed by atoms with E-state index >= 15 is 0 Å². The molecule has 1 heterocycles. The van der Waals surface area contributed by atoms with E-state index in [2.05, 4.69) is 45.6 Å². The predicted molar refractivity (Wildman–Crippen MR) is 78.6 cm³/mol. The molecule has 0 amide bonds. The molecule has 0 unspecified atom stereocenters. The summed E-state index contributed by atoms with van der Waals surface area (Å²) in [5.74, 6) is 1.10. The zero-order valence-electron chi connectivity index (χ0n) is 11.9. The average Bonchev–Trinajstić information content (AvgIpc) is 3.18. The molecule has 3 rings (SSSR count). The van der Waals surface area contributed by atoms with Crippen LogP contribution in [0.25, 0.3) is 0 Å². The Hall–Kier alpha value is -1.65. The number of hydrogen-bond donors (Lipinski definition) is 2. The molecule has 1 aromatic carbocycles. The molecule has 20 heavy (non-hydrogen) atoms. The SMILES string of the molecule is COCCNCc1cnc(C2(c3ccccc3)CC2)[nH]1. The number of methoxy groups -OCH3 is 1. The molecular formula is C16H21N3O. The third kappa shape index (κ3) is 2.62. The molecule has 2 aromatic rings. The Kier molecular flexibility index (Phi) is 3.85. The lowest BCUT2D eigenvalue weighted by Crippen LogP contribution is -2.19. The minimum absolute atomic E-state index is 0.131. The fourth-order valence-electron chi connectivity index (χ4n) is 2.63. The minimum atomic E-state index is 0.131. The Morgan fingerprint density at radius 1 is 1.30 bits per heavy atom. The zero-order chi connectivity index (χ0) is 13.8. The molecule has 2 N–H and O–H groups in total. The molecule has 106 valence electrons. The lowest BCUT2D eigenvalue weighted by atomic mass is 9.95. The average molecular weight is 271 g/mol. The van der Waals surface area contributed by atoms with Gasteiger partial charge in [0.05, 0.1) is 12.0 Å². The Balaban J connectivity index is 1.68. The normalized spacial score (nSPS) is 16.2. The van der Waals surface area contributed by atoms with Crippen LogP contribution in [-0.4, -0.2) is 30.2 Å². The fraction of sp³-hybridized carbons (Fsp3) is 0.438. The maximum Gasteiger partial charge on any atom is 0.116 e. The molecule has 4 nitrogen and oxygen atoms in total. The highest BCUT2D eigenvalue weighted by atomic mass is 16.5. The highest BCUT2D eigenvalue weighted by Gasteiger charge is 2.48.